The van der Waals surface area contributed by atoms with Gasteiger partial charge in [-0.2, -0.15) is 8.42 Å². The first kappa shape index (κ1) is 14.2. The van der Waals surface area contributed by atoms with Gasteiger partial charge in [0.2, 0.25) is 5.91 Å². The second kappa shape index (κ2) is 4.78. The van der Waals surface area contributed by atoms with Gasteiger partial charge in [-0.05, 0) is 0 Å². The van der Waals surface area contributed by atoms with Crippen molar-refractivity contribution in [1.29, 1.82) is 0 Å². The van der Waals surface area contributed by atoms with E-state index in [0.717, 1.165) is 6.92 Å². The van der Waals surface area contributed by atoms with Crippen LogP contribution in [0.25, 0.3) is 0 Å². The predicted molar refractivity (Wildman–Crippen MR) is 55.3 cm³/mol. The second-order valence-electron chi connectivity index (χ2n) is 3.49. The van der Waals surface area contributed by atoms with Gasteiger partial charge in [-0.15, -0.1) is 0 Å². The molecule has 4 N–H and O–H groups in total. The normalized spacial score (nSPS) is 23.2. The van der Waals surface area contributed by atoms with Crippen molar-refractivity contribution in [3.05, 3.63) is 0 Å². The molecule has 102 valence electrons. The molecule has 0 unspecified atom stereocenters. The maximum atomic E-state index is 11.4. The van der Waals surface area contributed by atoms with E-state index in [0.29, 0.717) is 0 Å². The molecule has 1 rings (SSSR count). The van der Waals surface area contributed by atoms with Crippen molar-refractivity contribution in [3.8, 4) is 0 Å². The lowest BCUT2D eigenvalue weighted by Gasteiger charge is -2.43. The first-order valence-corrected chi connectivity index (χ1v) is 6.04. The highest BCUT2D eigenvalue weighted by molar-refractivity contribution is 7.84. The Morgan fingerprint density at radius 3 is 2.50 bits per heavy atom. The third-order valence-corrected chi connectivity index (χ3v) is 3.12. The number of hydrogen-bond acceptors (Lipinski definition) is 6. The van der Waals surface area contributed by atoms with E-state index >= 15 is 0 Å². The van der Waals surface area contributed by atoms with Crippen LogP contribution in [-0.2, 0) is 24.6 Å². The Hall–Kier alpha value is -1.88. The number of rotatable bonds is 4. The maximum absolute atomic E-state index is 11.4. The molecule has 1 aliphatic heterocycles. The summed E-state index contributed by atoms with van der Waals surface area (Å²) in [5.41, 5.74) is 4.69. The maximum Gasteiger partial charge on any atom is 0.404 e. The van der Waals surface area contributed by atoms with Gasteiger partial charge in [-0.25, -0.2) is 9.10 Å². The van der Waals surface area contributed by atoms with E-state index in [2.05, 4.69) is 10.1 Å². The molecule has 11 heteroatoms. The van der Waals surface area contributed by atoms with Crippen LogP contribution in [0.15, 0.2) is 0 Å². The Labute approximate surface area is 102 Å². The number of carbonyl (C=O) groups excluding carboxylic acids is 3. The topological polar surface area (TPSA) is 156 Å². The molecule has 1 fully saturated rings. The van der Waals surface area contributed by atoms with Crippen LogP contribution in [0, 0.1) is 0 Å². The molecular formula is C7H11N3O7S. The van der Waals surface area contributed by atoms with Crippen LogP contribution >= 0.6 is 0 Å². The first-order chi connectivity index (χ1) is 8.14. The van der Waals surface area contributed by atoms with E-state index in [1.54, 1.807) is 0 Å². The van der Waals surface area contributed by atoms with Gasteiger partial charge in [0.15, 0.2) is 0 Å². The van der Waals surface area contributed by atoms with Crippen molar-refractivity contribution in [1.82, 2.24) is 9.62 Å². The molecule has 1 aliphatic rings. The molecule has 1 saturated heterocycles. The summed E-state index contributed by atoms with van der Waals surface area (Å²) in [6, 6.07) is -2.41. The second-order valence-corrected chi connectivity index (χ2v) is 4.78. The molecule has 0 aliphatic carbocycles. The highest BCUT2D eigenvalue weighted by Gasteiger charge is 2.54. The summed E-state index contributed by atoms with van der Waals surface area (Å²) < 4.78 is 35.0. The number of ether oxygens (including phenoxy) is 1. The largest absolute Gasteiger partial charge is 0.447 e. The quantitative estimate of drug-likeness (QED) is 0.383. The van der Waals surface area contributed by atoms with Gasteiger partial charge in [-0.3, -0.25) is 14.1 Å². The molecule has 18 heavy (non-hydrogen) atoms. The zero-order valence-corrected chi connectivity index (χ0v) is 10.0. The molecule has 1 heterocycles. The zero-order chi connectivity index (χ0) is 14.1. The number of nitrogens with one attached hydrogen (secondary N) is 1. The fourth-order valence-corrected chi connectivity index (χ4v) is 2.38. The van der Waals surface area contributed by atoms with E-state index in [4.69, 9.17) is 10.3 Å². The van der Waals surface area contributed by atoms with Gasteiger partial charge in [0.05, 0.1) is 0 Å². The van der Waals surface area contributed by atoms with Gasteiger partial charge in [0.25, 0.3) is 5.91 Å². The number of nitrogens with zero attached hydrogens (tertiary/aromatic N) is 1. The standard InChI is InChI=1S/C7H11N3O7S/c1-3(11)9-5-4(2-17-7(8)13)10(6(5)12)18(14,15)16/h4-5H,2H2,1H3,(H2,8,13)(H,9,11)(H,14,15,16)/t4-,5+/m1/s1. The number of hydrogen-bond donors (Lipinski definition) is 3. The first-order valence-electron chi connectivity index (χ1n) is 4.64. The summed E-state index contributed by atoms with van der Waals surface area (Å²) in [5.74, 6) is -1.60. The molecular weight excluding hydrogens is 270 g/mol. The van der Waals surface area contributed by atoms with Gasteiger partial charge >= 0.3 is 16.4 Å². The van der Waals surface area contributed by atoms with Crippen LogP contribution in [-0.4, -0.2) is 53.9 Å². The SMILES string of the molecule is CC(=O)N[C@@H]1C(=O)N(S(=O)(=O)O)[C@@H]1COC(N)=O. The summed E-state index contributed by atoms with van der Waals surface area (Å²) in [6.45, 7) is 0.557. The monoisotopic (exact) mass is 281 g/mol. The van der Waals surface area contributed by atoms with E-state index in [1.165, 1.54) is 0 Å². The van der Waals surface area contributed by atoms with Crippen LogP contribution in [0.3, 0.4) is 0 Å². The minimum Gasteiger partial charge on any atom is -0.447 e. The van der Waals surface area contributed by atoms with Crippen LogP contribution in [0.4, 0.5) is 4.79 Å². The number of nitrogens with two attached hydrogens (primary N) is 1. The summed E-state index contributed by atoms with van der Waals surface area (Å²) >= 11 is 0. The predicted octanol–water partition coefficient (Wildman–Crippen LogP) is -2.40. The van der Waals surface area contributed by atoms with Crippen LogP contribution in [0.2, 0.25) is 0 Å². The van der Waals surface area contributed by atoms with Gasteiger partial charge in [0, 0.05) is 6.92 Å². The minimum atomic E-state index is -4.78. The fraction of sp³-hybridized carbons (Fsp3) is 0.571. The summed E-state index contributed by atoms with van der Waals surface area (Å²) in [5, 5.41) is 2.17. The number of carbonyl (C=O) groups is 3. The van der Waals surface area contributed by atoms with Crippen molar-refractivity contribution < 1.29 is 32.1 Å². The van der Waals surface area contributed by atoms with Crippen molar-refractivity contribution >= 4 is 28.2 Å². The number of β-lactam (4-membered cyclic amide) rings is 1. The van der Waals surface area contributed by atoms with Gasteiger partial charge < -0.3 is 15.8 Å². The van der Waals surface area contributed by atoms with E-state index in [-0.39, 0.29) is 4.31 Å². The Kier molecular flexibility index (Phi) is 3.76. The number of amides is 3. The van der Waals surface area contributed by atoms with Gasteiger partial charge in [0.1, 0.15) is 18.7 Å². The summed E-state index contributed by atoms with van der Waals surface area (Å²) in [4.78, 5) is 32.6. The Morgan fingerprint density at radius 2 is 2.11 bits per heavy atom. The lowest BCUT2D eigenvalue weighted by Crippen LogP contribution is -2.73. The zero-order valence-electron chi connectivity index (χ0n) is 9.19. The Morgan fingerprint density at radius 1 is 1.56 bits per heavy atom. The molecule has 0 aromatic heterocycles. The highest BCUT2D eigenvalue weighted by atomic mass is 32.2. The van der Waals surface area contributed by atoms with Crippen LogP contribution in [0.5, 0.6) is 0 Å². The van der Waals surface area contributed by atoms with E-state index in [1.807, 2.05) is 0 Å². The minimum absolute atomic E-state index is 0.108. The van der Waals surface area contributed by atoms with Crippen LogP contribution in [0.1, 0.15) is 6.92 Å². The van der Waals surface area contributed by atoms with Crippen molar-refractivity contribution in [3.63, 3.8) is 0 Å². The van der Waals surface area contributed by atoms with Crippen molar-refractivity contribution in [2.24, 2.45) is 5.73 Å². The molecule has 0 saturated carbocycles. The Bertz CT molecular complexity index is 487. The molecule has 0 radical (unpaired) electrons. The third kappa shape index (κ3) is 2.87. The van der Waals surface area contributed by atoms with Crippen molar-refractivity contribution in [2.45, 2.75) is 19.0 Å². The lowest BCUT2D eigenvalue weighted by atomic mass is 10.00. The van der Waals surface area contributed by atoms with Crippen molar-refractivity contribution in [2.75, 3.05) is 6.61 Å². The summed E-state index contributed by atoms with van der Waals surface area (Å²) in [7, 11) is -4.78. The molecule has 0 aromatic carbocycles. The molecule has 0 bridgehead atoms. The molecule has 0 spiro atoms. The average Bonchev–Trinajstić information content (AvgIpc) is 2.17. The molecule has 2 atom stereocenters. The molecule has 0 aromatic rings. The highest BCUT2D eigenvalue weighted by Crippen LogP contribution is 2.23. The Balaban J connectivity index is 2.84. The van der Waals surface area contributed by atoms with Crippen LogP contribution < -0.4 is 11.1 Å². The van der Waals surface area contributed by atoms with E-state index < -0.39 is 46.9 Å². The lowest BCUT2D eigenvalue weighted by molar-refractivity contribution is -0.147. The molecule has 10 nitrogen and oxygen atoms in total. The fourth-order valence-electron chi connectivity index (χ4n) is 1.51. The summed E-state index contributed by atoms with van der Waals surface area (Å²) in [6.07, 6.45) is -1.17. The molecule has 3 amide bonds. The average molecular weight is 281 g/mol. The van der Waals surface area contributed by atoms with E-state index in [9.17, 15) is 22.8 Å². The third-order valence-electron chi connectivity index (χ3n) is 2.17. The number of primary amides is 1. The van der Waals surface area contributed by atoms with Gasteiger partial charge in [-0.1, -0.05) is 0 Å². The smallest absolute Gasteiger partial charge is 0.404 e.